The zero-order valence-electron chi connectivity index (χ0n) is 67.1. The van der Waals surface area contributed by atoms with Crippen LogP contribution in [0, 0.1) is 0 Å². The molecule has 0 aliphatic heterocycles. The van der Waals surface area contributed by atoms with E-state index in [2.05, 4.69) is 220 Å². The Hall–Kier alpha value is -5.41. The van der Waals surface area contributed by atoms with Crippen molar-refractivity contribution in [2.45, 2.75) is 328 Å². The van der Waals surface area contributed by atoms with E-state index in [0.29, 0.717) is 17.4 Å². The van der Waals surface area contributed by atoms with E-state index in [1.54, 1.807) is 0 Å². The predicted molar refractivity (Wildman–Crippen MR) is 452 cm³/mol. The van der Waals surface area contributed by atoms with Crippen LogP contribution in [0.2, 0.25) is 0 Å². The average molecular weight is 1460 g/mol. The van der Waals surface area contributed by atoms with E-state index < -0.39 is 26.5 Å². The molecular formula is C94H154NO8P. The molecule has 0 N–H and O–H groups in total. The van der Waals surface area contributed by atoms with E-state index in [4.69, 9.17) is 18.5 Å². The first-order valence-corrected chi connectivity index (χ1v) is 43.3. The molecule has 10 heteroatoms. The second-order valence-electron chi connectivity index (χ2n) is 28.4. The van der Waals surface area contributed by atoms with Gasteiger partial charge < -0.3 is 27.9 Å². The number of phosphoric acid groups is 1. The fourth-order valence-corrected chi connectivity index (χ4v) is 11.7. The van der Waals surface area contributed by atoms with Crippen LogP contribution in [0.5, 0.6) is 0 Å². The van der Waals surface area contributed by atoms with E-state index in [9.17, 15) is 19.0 Å². The summed E-state index contributed by atoms with van der Waals surface area (Å²) in [7, 11) is 1.15. The quantitative estimate of drug-likeness (QED) is 0.0195. The van der Waals surface area contributed by atoms with Gasteiger partial charge in [0.05, 0.1) is 27.7 Å². The number of esters is 2. The van der Waals surface area contributed by atoms with Gasteiger partial charge >= 0.3 is 11.9 Å². The standard InChI is InChI=1S/C94H154NO8P/c1-6-8-10-12-14-16-18-20-22-24-26-28-30-32-34-36-38-40-42-44-46-47-49-51-53-55-57-59-61-63-65-67-69-71-73-75-77-79-81-83-85-87-94(97)103-92(91-102-104(98,99)101-89-88-95(3,4)5)90-100-93(96)86-84-82-80-78-76-74-72-70-68-66-64-62-60-58-56-54-52-50-48-45-43-41-39-37-35-33-31-29-27-25-23-21-19-17-15-13-11-9-7-2/h8-11,14-17,20-23,26-29,32-35,38-41,44-46,48-49,51,55,57,61,63,92H,6-7,12-13,18-19,24-25,30-31,36-37,42-43,47,50,52-54,56,58-60,62,64-91H2,1-5H3/b10-8-,11-9-,16-14-,17-15-,22-20-,23-21-,28-26-,29-27-,34-32-,35-33-,40-38-,41-39-,46-44-,48-45-,51-49-,57-55-,63-61-. The molecule has 2 unspecified atom stereocenters. The van der Waals surface area contributed by atoms with Gasteiger partial charge in [0.15, 0.2) is 6.10 Å². The van der Waals surface area contributed by atoms with Crippen molar-refractivity contribution in [3.05, 3.63) is 207 Å². The largest absolute Gasteiger partial charge is 0.756 e. The van der Waals surface area contributed by atoms with Gasteiger partial charge in [-0.2, -0.15) is 0 Å². The second kappa shape index (κ2) is 81.7. The Bertz CT molecular complexity index is 2520. The molecule has 0 bridgehead atoms. The van der Waals surface area contributed by atoms with Gasteiger partial charge in [-0.25, -0.2) is 0 Å². The summed E-state index contributed by atoms with van der Waals surface area (Å²) in [6, 6.07) is 0. The van der Waals surface area contributed by atoms with Crippen LogP contribution in [-0.2, 0) is 32.7 Å². The Morgan fingerprint density at radius 2 is 0.519 bits per heavy atom. The highest BCUT2D eigenvalue weighted by molar-refractivity contribution is 7.45. The Balaban J connectivity index is 4.03. The molecule has 0 amide bonds. The topological polar surface area (TPSA) is 111 Å². The summed E-state index contributed by atoms with van der Waals surface area (Å²) in [5.41, 5.74) is 0. The molecule has 0 saturated heterocycles. The van der Waals surface area contributed by atoms with E-state index in [0.717, 1.165) is 154 Å². The molecule has 0 heterocycles. The van der Waals surface area contributed by atoms with Gasteiger partial charge in [-0.15, -0.1) is 0 Å². The fraction of sp³-hybridized carbons (Fsp3) is 0.617. The summed E-state index contributed by atoms with van der Waals surface area (Å²) in [5, 5.41) is 0. The van der Waals surface area contributed by atoms with Crippen molar-refractivity contribution in [2.75, 3.05) is 47.5 Å². The maximum Gasteiger partial charge on any atom is 0.306 e. The number of likely N-dealkylation sites (N-methyl/N-ethyl adjacent to an activating group) is 1. The highest BCUT2D eigenvalue weighted by Gasteiger charge is 2.22. The molecule has 0 rings (SSSR count). The normalized spacial score (nSPS) is 14.1. The predicted octanol–water partition coefficient (Wildman–Crippen LogP) is 27.9. The lowest BCUT2D eigenvalue weighted by molar-refractivity contribution is -0.870. The lowest BCUT2D eigenvalue weighted by Crippen LogP contribution is -2.37. The summed E-state index contributed by atoms with van der Waals surface area (Å²) in [5.74, 6) is -0.841. The molecule has 0 aliphatic rings. The zero-order chi connectivity index (χ0) is 75.4. The Labute approximate surface area is 640 Å². The molecule has 0 saturated carbocycles. The van der Waals surface area contributed by atoms with E-state index in [-0.39, 0.29) is 32.0 Å². The van der Waals surface area contributed by atoms with Crippen molar-refractivity contribution < 1.29 is 42.1 Å². The van der Waals surface area contributed by atoms with Gasteiger partial charge in [-0.1, -0.05) is 368 Å². The minimum absolute atomic E-state index is 0.0396. The third kappa shape index (κ3) is 85.5. The molecule has 0 spiro atoms. The van der Waals surface area contributed by atoms with Crippen LogP contribution in [0.15, 0.2) is 207 Å². The number of carbonyl (C=O) groups excluding carboxylic acids is 2. The van der Waals surface area contributed by atoms with Crippen molar-refractivity contribution >= 4 is 19.8 Å². The van der Waals surface area contributed by atoms with Gasteiger partial charge in [-0.3, -0.25) is 14.2 Å². The van der Waals surface area contributed by atoms with Crippen LogP contribution in [0.1, 0.15) is 322 Å². The SMILES string of the molecule is CC/C=C\C/C=C\C/C=C\C/C=C\C/C=C\C/C=C\C/C=C\C/C=C\C/C=C\C/C=C\CCCCCCCCCCCCC(=O)OC(COC(=O)CCCCCCCCCCCCCCCCCCC/C=C\C/C=C\C/C=C\C/C=C\C/C=C\C/C=C\C/C=C\CC)COP(=O)([O-])OCC[N+](C)(C)C. The minimum atomic E-state index is -4.66. The lowest BCUT2D eigenvalue weighted by Gasteiger charge is -2.28. The third-order valence-electron chi connectivity index (χ3n) is 17.3. The number of allylic oxidation sites excluding steroid dienone is 34. The number of unbranched alkanes of at least 4 members (excludes halogenated alkanes) is 27. The molecule has 2 atom stereocenters. The Morgan fingerprint density at radius 3 is 0.769 bits per heavy atom. The highest BCUT2D eigenvalue weighted by Crippen LogP contribution is 2.38. The summed E-state index contributed by atoms with van der Waals surface area (Å²) in [6.45, 7) is 4.01. The molecule has 0 aromatic carbocycles. The van der Waals surface area contributed by atoms with Crippen molar-refractivity contribution in [3.8, 4) is 0 Å². The molecular weight excluding hydrogens is 1300 g/mol. The first-order valence-electron chi connectivity index (χ1n) is 41.8. The van der Waals surface area contributed by atoms with Crippen molar-refractivity contribution in [2.24, 2.45) is 0 Å². The van der Waals surface area contributed by atoms with E-state index in [1.807, 2.05) is 21.1 Å². The molecule has 9 nitrogen and oxygen atoms in total. The number of ether oxygens (including phenoxy) is 2. The van der Waals surface area contributed by atoms with Crippen LogP contribution in [0.3, 0.4) is 0 Å². The van der Waals surface area contributed by atoms with Crippen LogP contribution >= 0.6 is 7.82 Å². The third-order valence-corrected chi connectivity index (χ3v) is 18.3. The number of phosphoric ester groups is 1. The maximum absolute atomic E-state index is 12.9. The summed E-state index contributed by atoms with van der Waals surface area (Å²) < 4.78 is 34.4. The number of rotatable bonds is 75. The van der Waals surface area contributed by atoms with E-state index >= 15 is 0 Å². The van der Waals surface area contributed by atoms with Crippen LogP contribution < -0.4 is 4.89 Å². The van der Waals surface area contributed by atoms with Crippen molar-refractivity contribution in [1.82, 2.24) is 0 Å². The van der Waals surface area contributed by atoms with Crippen LogP contribution in [0.4, 0.5) is 0 Å². The molecule has 0 aromatic rings. The molecule has 104 heavy (non-hydrogen) atoms. The number of quaternary nitrogens is 1. The lowest BCUT2D eigenvalue weighted by atomic mass is 10.0. The number of hydrogen-bond acceptors (Lipinski definition) is 8. The molecule has 588 valence electrons. The Morgan fingerprint density at radius 1 is 0.298 bits per heavy atom. The fourth-order valence-electron chi connectivity index (χ4n) is 11.0. The van der Waals surface area contributed by atoms with Crippen molar-refractivity contribution in [3.63, 3.8) is 0 Å². The molecule has 0 fully saturated rings. The van der Waals surface area contributed by atoms with Gasteiger partial charge in [0.25, 0.3) is 7.82 Å². The van der Waals surface area contributed by atoms with Crippen molar-refractivity contribution in [1.29, 1.82) is 0 Å². The van der Waals surface area contributed by atoms with E-state index in [1.165, 1.54) is 135 Å². The number of hydrogen-bond donors (Lipinski definition) is 0. The Kier molecular flexibility index (Phi) is 77.4. The van der Waals surface area contributed by atoms with Gasteiger partial charge in [0, 0.05) is 12.8 Å². The summed E-state index contributed by atoms with van der Waals surface area (Å²) >= 11 is 0. The maximum atomic E-state index is 12.9. The monoisotopic (exact) mass is 1460 g/mol. The van der Waals surface area contributed by atoms with Gasteiger partial charge in [0.1, 0.15) is 19.8 Å². The average Bonchev–Trinajstić information content (AvgIpc) is 0.920. The second-order valence-corrected chi connectivity index (χ2v) is 29.8. The minimum Gasteiger partial charge on any atom is -0.756 e. The molecule has 0 radical (unpaired) electrons. The first kappa shape index (κ1) is 98.6. The summed E-state index contributed by atoms with van der Waals surface area (Å²) in [4.78, 5) is 38.2. The summed E-state index contributed by atoms with van der Waals surface area (Å²) in [6.07, 6.45) is 128. The number of carbonyl (C=O) groups is 2. The number of nitrogens with zero attached hydrogens (tertiary/aromatic N) is 1. The highest BCUT2D eigenvalue weighted by atomic mass is 31.2. The zero-order valence-corrected chi connectivity index (χ0v) is 68.0. The molecule has 0 aliphatic carbocycles. The first-order chi connectivity index (χ1) is 51.0. The molecule has 0 aromatic heterocycles. The van der Waals surface area contributed by atoms with Crippen LogP contribution in [0.25, 0.3) is 0 Å². The van der Waals surface area contributed by atoms with Gasteiger partial charge in [-0.05, 0) is 148 Å². The van der Waals surface area contributed by atoms with Crippen LogP contribution in [-0.4, -0.2) is 70.0 Å². The smallest absolute Gasteiger partial charge is 0.306 e. The van der Waals surface area contributed by atoms with Gasteiger partial charge in [0.2, 0.25) is 0 Å².